The van der Waals surface area contributed by atoms with Gasteiger partial charge in [0.15, 0.2) is 0 Å². The van der Waals surface area contributed by atoms with Crippen LogP contribution in [0.5, 0.6) is 0 Å². The van der Waals surface area contributed by atoms with Gasteiger partial charge in [0.25, 0.3) is 5.56 Å². The monoisotopic (exact) mass is 314 g/mol. The van der Waals surface area contributed by atoms with Gasteiger partial charge in [0.1, 0.15) is 16.9 Å². The number of hydrogen-bond acceptors (Lipinski definition) is 3. The van der Waals surface area contributed by atoms with E-state index in [1.54, 1.807) is 6.07 Å². The smallest absolute Gasteiger partial charge is 0.277 e. The summed E-state index contributed by atoms with van der Waals surface area (Å²) in [4.78, 5) is 31.5. The van der Waals surface area contributed by atoms with E-state index in [0.717, 1.165) is 12.8 Å². The highest BCUT2D eigenvalue weighted by Gasteiger charge is 2.23. The lowest BCUT2D eigenvalue weighted by atomic mass is 10.2. The number of halogens is 1. The zero-order chi connectivity index (χ0) is 16.0. The Morgan fingerprint density at radius 3 is 3.04 bits per heavy atom. The molecule has 1 aliphatic rings. The van der Waals surface area contributed by atoms with Crippen LogP contribution in [0, 0.1) is 5.82 Å². The number of aromatic nitrogens is 3. The molecule has 0 aliphatic heterocycles. The number of aromatic amines is 1. The highest BCUT2D eigenvalue weighted by atomic mass is 19.1. The second-order valence-corrected chi connectivity index (χ2v) is 5.87. The van der Waals surface area contributed by atoms with E-state index in [1.807, 2.05) is 0 Å². The number of benzene rings is 1. The van der Waals surface area contributed by atoms with Gasteiger partial charge in [-0.2, -0.15) is 0 Å². The van der Waals surface area contributed by atoms with Crippen LogP contribution in [0.3, 0.4) is 0 Å². The minimum Gasteiger partial charge on any atom is -0.353 e. The van der Waals surface area contributed by atoms with E-state index in [4.69, 9.17) is 0 Å². The zero-order valence-electron chi connectivity index (χ0n) is 12.3. The Hall–Kier alpha value is -2.70. The predicted molar refractivity (Wildman–Crippen MR) is 83.6 cm³/mol. The largest absolute Gasteiger partial charge is 0.353 e. The number of amides is 1. The Morgan fingerprint density at radius 2 is 2.26 bits per heavy atom. The first kappa shape index (κ1) is 13.9. The maximum absolute atomic E-state index is 13.4. The molecule has 2 heterocycles. The van der Waals surface area contributed by atoms with Gasteiger partial charge in [0, 0.05) is 29.9 Å². The number of nitrogens with one attached hydrogen (secondary N) is 2. The van der Waals surface area contributed by atoms with Crippen LogP contribution in [-0.2, 0) is 11.3 Å². The molecule has 23 heavy (non-hydrogen) atoms. The van der Waals surface area contributed by atoms with Crippen molar-refractivity contribution < 1.29 is 9.18 Å². The molecule has 4 rings (SSSR count). The van der Waals surface area contributed by atoms with Gasteiger partial charge in [-0.1, -0.05) is 0 Å². The summed E-state index contributed by atoms with van der Waals surface area (Å²) in [5.41, 5.74) is 1.18. The lowest BCUT2D eigenvalue weighted by Crippen LogP contribution is -2.28. The summed E-state index contributed by atoms with van der Waals surface area (Å²) in [6.07, 6.45) is 3.71. The Morgan fingerprint density at radius 1 is 1.43 bits per heavy atom. The Bertz CT molecular complexity index is 971. The fourth-order valence-electron chi connectivity index (χ4n) is 2.67. The lowest BCUT2D eigenvalue weighted by molar-refractivity contribution is -0.121. The third kappa shape index (κ3) is 2.58. The predicted octanol–water partition coefficient (Wildman–Crippen LogP) is 1.69. The molecule has 2 N–H and O–H groups in total. The summed E-state index contributed by atoms with van der Waals surface area (Å²) in [6.45, 7) is 0.268. The van der Waals surface area contributed by atoms with Crippen LogP contribution >= 0.6 is 0 Å². The number of rotatable bonds is 4. The van der Waals surface area contributed by atoms with Gasteiger partial charge in [0.2, 0.25) is 5.91 Å². The van der Waals surface area contributed by atoms with Gasteiger partial charge in [-0.05, 0) is 31.0 Å². The standard InChI is InChI=1S/C16H15FN4O2/c17-9-1-4-12-11(7-9)14-15(20-12)16(23)21(8-18-14)6-5-13(22)19-10-2-3-10/h1,4,7-8,10,20H,2-3,5-6H2,(H,19,22). The summed E-state index contributed by atoms with van der Waals surface area (Å²) in [5, 5.41) is 3.46. The first-order valence-corrected chi connectivity index (χ1v) is 7.57. The van der Waals surface area contributed by atoms with Crippen molar-refractivity contribution in [2.75, 3.05) is 0 Å². The SMILES string of the molecule is O=C(CCn1cnc2c([nH]c3ccc(F)cc32)c1=O)NC1CC1. The van der Waals surface area contributed by atoms with E-state index in [1.165, 1.54) is 23.0 Å². The van der Waals surface area contributed by atoms with Crippen molar-refractivity contribution in [1.29, 1.82) is 0 Å². The van der Waals surface area contributed by atoms with E-state index < -0.39 is 0 Å². The molecule has 1 saturated carbocycles. The topological polar surface area (TPSA) is 79.8 Å². The van der Waals surface area contributed by atoms with Gasteiger partial charge in [-0.25, -0.2) is 9.37 Å². The number of H-pyrrole nitrogens is 1. The molecule has 1 fully saturated rings. The fourth-order valence-corrected chi connectivity index (χ4v) is 2.67. The van der Waals surface area contributed by atoms with Crippen LogP contribution in [0.4, 0.5) is 4.39 Å². The van der Waals surface area contributed by atoms with Gasteiger partial charge in [0.05, 0.1) is 6.33 Å². The number of fused-ring (bicyclic) bond motifs is 3. The maximum Gasteiger partial charge on any atom is 0.277 e. The first-order chi connectivity index (χ1) is 11.1. The third-order valence-corrected chi connectivity index (χ3v) is 4.06. The minimum atomic E-state index is -0.374. The Balaban J connectivity index is 1.65. The maximum atomic E-state index is 13.4. The summed E-state index contributed by atoms with van der Waals surface area (Å²) < 4.78 is 14.8. The van der Waals surface area contributed by atoms with E-state index in [9.17, 15) is 14.0 Å². The van der Waals surface area contributed by atoms with Crippen LogP contribution < -0.4 is 10.9 Å². The number of carbonyl (C=O) groups is 1. The quantitative estimate of drug-likeness (QED) is 0.769. The van der Waals surface area contributed by atoms with Gasteiger partial charge < -0.3 is 10.3 Å². The zero-order valence-corrected chi connectivity index (χ0v) is 12.3. The molecule has 0 atom stereocenters. The molecule has 1 aliphatic carbocycles. The molecular formula is C16H15FN4O2. The second-order valence-electron chi connectivity index (χ2n) is 5.87. The van der Waals surface area contributed by atoms with Gasteiger partial charge in [-0.15, -0.1) is 0 Å². The molecule has 0 spiro atoms. The molecule has 0 radical (unpaired) electrons. The fraction of sp³-hybridized carbons (Fsp3) is 0.312. The molecule has 3 aromatic rings. The normalized spacial score (nSPS) is 14.5. The molecule has 6 nitrogen and oxygen atoms in total. The molecule has 0 bridgehead atoms. The van der Waals surface area contributed by atoms with Crippen LogP contribution in [0.25, 0.3) is 21.9 Å². The lowest BCUT2D eigenvalue weighted by Gasteiger charge is -2.05. The second kappa shape index (κ2) is 5.19. The number of carbonyl (C=O) groups excluding carboxylic acids is 1. The first-order valence-electron chi connectivity index (χ1n) is 7.57. The highest BCUT2D eigenvalue weighted by molar-refractivity contribution is 6.04. The molecular weight excluding hydrogens is 299 g/mol. The van der Waals surface area contributed by atoms with E-state index in [-0.39, 0.29) is 30.2 Å². The Labute approximate surface area is 130 Å². The van der Waals surface area contributed by atoms with Crippen LogP contribution in [0.2, 0.25) is 0 Å². The van der Waals surface area contributed by atoms with Crippen LogP contribution in [0.1, 0.15) is 19.3 Å². The summed E-state index contributed by atoms with van der Waals surface area (Å²) in [7, 11) is 0. The van der Waals surface area contributed by atoms with Gasteiger partial charge in [-0.3, -0.25) is 14.2 Å². The molecule has 1 amide bonds. The number of aryl methyl sites for hydroxylation is 1. The summed E-state index contributed by atoms with van der Waals surface area (Å²) in [5.74, 6) is -0.431. The minimum absolute atomic E-state index is 0.0572. The molecule has 7 heteroatoms. The van der Waals surface area contributed by atoms with Crippen molar-refractivity contribution in [3.05, 3.63) is 40.7 Å². The van der Waals surface area contributed by atoms with E-state index in [0.29, 0.717) is 28.0 Å². The van der Waals surface area contributed by atoms with E-state index in [2.05, 4.69) is 15.3 Å². The van der Waals surface area contributed by atoms with E-state index >= 15 is 0 Å². The average molecular weight is 314 g/mol. The van der Waals surface area contributed by atoms with Crippen LogP contribution in [-0.4, -0.2) is 26.5 Å². The van der Waals surface area contributed by atoms with Gasteiger partial charge >= 0.3 is 0 Å². The number of nitrogens with zero attached hydrogens (tertiary/aromatic N) is 2. The van der Waals surface area contributed by atoms with Crippen molar-refractivity contribution in [2.45, 2.75) is 31.8 Å². The number of hydrogen-bond donors (Lipinski definition) is 2. The molecule has 0 unspecified atom stereocenters. The molecule has 2 aromatic heterocycles. The van der Waals surface area contributed by atoms with Crippen LogP contribution in [0.15, 0.2) is 29.3 Å². The van der Waals surface area contributed by atoms with Crippen molar-refractivity contribution in [2.24, 2.45) is 0 Å². The summed E-state index contributed by atoms with van der Waals surface area (Å²) >= 11 is 0. The highest BCUT2D eigenvalue weighted by Crippen LogP contribution is 2.22. The molecule has 0 saturated heterocycles. The van der Waals surface area contributed by atoms with Crippen molar-refractivity contribution in [3.8, 4) is 0 Å². The molecule has 118 valence electrons. The third-order valence-electron chi connectivity index (χ3n) is 4.06. The Kier molecular flexibility index (Phi) is 3.14. The van der Waals surface area contributed by atoms with Crippen molar-refractivity contribution in [1.82, 2.24) is 19.9 Å². The van der Waals surface area contributed by atoms with Crippen molar-refractivity contribution in [3.63, 3.8) is 0 Å². The average Bonchev–Trinajstić information content (AvgIpc) is 3.26. The van der Waals surface area contributed by atoms with Crippen molar-refractivity contribution >= 4 is 27.8 Å². The molecule has 1 aromatic carbocycles. The summed E-state index contributed by atoms with van der Waals surface area (Å²) in [6, 6.07) is 4.58.